The number of hydrogen-bond donors (Lipinski definition) is 4. The molecule has 1 aromatic carbocycles. The van der Waals surface area contributed by atoms with Gasteiger partial charge >= 0.3 is 6.03 Å². The summed E-state index contributed by atoms with van der Waals surface area (Å²) < 4.78 is 0. The van der Waals surface area contributed by atoms with Crippen LogP contribution in [0.15, 0.2) is 24.3 Å². The first-order valence-corrected chi connectivity index (χ1v) is 8.75. The Morgan fingerprint density at radius 2 is 1.96 bits per heavy atom. The highest BCUT2D eigenvalue weighted by atomic mass is 35.5. The Bertz CT molecular complexity index is 530. The van der Waals surface area contributed by atoms with E-state index in [-0.39, 0.29) is 18.5 Å². The monoisotopic (exact) mass is 352 g/mol. The smallest absolute Gasteiger partial charge is 0.315 e. The van der Waals surface area contributed by atoms with Crippen LogP contribution in [0.1, 0.15) is 24.8 Å². The lowest BCUT2D eigenvalue weighted by molar-refractivity contribution is -0.120. The fourth-order valence-corrected chi connectivity index (χ4v) is 2.78. The molecular weight excluding hydrogens is 328 g/mol. The van der Waals surface area contributed by atoms with Gasteiger partial charge in [0.2, 0.25) is 5.91 Å². The molecule has 1 atom stereocenters. The fraction of sp³-hybridized carbons (Fsp3) is 0.529. The van der Waals surface area contributed by atoms with Gasteiger partial charge in [0.15, 0.2) is 0 Å². The summed E-state index contributed by atoms with van der Waals surface area (Å²) in [6.45, 7) is 3.15. The lowest BCUT2D eigenvalue weighted by Gasteiger charge is -2.22. The first kappa shape index (κ1) is 18.5. The lowest BCUT2D eigenvalue weighted by atomic mass is 9.96. The summed E-state index contributed by atoms with van der Waals surface area (Å²) in [6.07, 6.45) is 3.39. The Balaban J connectivity index is 1.53. The van der Waals surface area contributed by atoms with Crippen LogP contribution < -0.4 is 21.3 Å². The van der Waals surface area contributed by atoms with Gasteiger partial charge in [0.25, 0.3) is 0 Å². The predicted molar refractivity (Wildman–Crippen MR) is 94.9 cm³/mol. The third-order valence-electron chi connectivity index (χ3n) is 4.05. The molecule has 1 unspecified atom stereocenters. The number of carbonyl (C=O) groups is 2. The van der Waals surface area contributed by atoms with E-state index in [2.05, 4.69) is 21.3 Å². The Morgan fingerprint density at radius 3 is 2.67 bits per heavy atom. The number of rotatable bonds is 7. The molecule has 0 aromatic heterocycles. The molecule has 1 aliphatic heterocycles. The van der Waals surface area contributed by atoms with Crippen LogP contribution in [0.4, 0.5) is 4.79 Å². The number of carbonyl (C=O) groups excluding carboxylic acids is 2. The van der Waals surface area contributed by atoms with Gasteiger partial charge in [0.1, 0.15) is 0 Å². The second kappa shape index (κ2) is 10.2. The molecule has 4 N–H and O–H groups in total. The van der Waals surface area contributed by atoms with E-state index in [0.717, 1.165) is 25.1 Å². The van der Waals surface area contributed by atoms with Crippen LogP contribution in [0, 0.1) is 5.92 Å². The van der Waals surface area contributed by atoms with Crippen LogP contribution >= 0.6 is 11.6 Å². The average molecular weight is 353 g/mol. The van der Waals surface area contributed by atoms with Crippen molar-refractivity contribution >= 4 is 23.5 Å². The molecule has 1 aliphatic rings. The molecule has 7 heteroatoms. The van der Waals surface area contributed by atoms with Gasteiger partial charge in [-0.1, -0.05) is 23.7 Å². The maximum absolute atomic E-state index is 11.7. The maximum Gasteiger partial charge on any atom is 0.315 e. The molecular formula is C17H25ClN4O2. The molecule has 132 valence electrons. The molecule has 0 aliphatic carbocycles. The minimum absolute atomic E-state index is 0.0185. The topological polar surface area (TPSA) is 82.3 Å². The first-order valence-electron chi connectivity index (χ1n) is 8.37. The van der Waals surface area contributed by atoms with E-state index in [1.807, 2.05) is 12.1 Å². The molecule has 0 saturated carbocycles. The summed E-state index contributed by atoms with van der Waals surface area (Å²) in [5, 5.41) is 12.1. The van der Waals surface area contributed by atoms with E-state index in [4.69, 9.17) is 11.6 Å². The van der Waals surface area contributed by atoms with Crippen molar-refractivity contribution in [3.8, 4) is 0 Å². The van der Waals surface area contributed by atoms with Gasteiger partial charge in [-0.2, -0.15) is 0 Å². The quantitative estimate of drug-likeness (QED) is 0.602. The summed E-state index contributed by atoms with van der Waals surface area (Å²) >= 11 is 5.80. The zero-order valence-corrected chi connectivity index (χ0v) is 14.5. The zero-order chi connectivity index (χ0) is 17.2. The molecule has 0 spiro atoms. The lowest BCUT2D eigenvalue weighted by Crippen LogP contribution is -2.42. The summed E-state index contributed by atoms with van der Waals surface area (Å²) in [4.78, 5) is 23.4. The summed E-state index contributed by atoms with van der Waals surface area (Å²) in [5.74, 6) is 0.468. The van der Waals surface area contributed by atoms with E-state index >= 15 is 0 Å². The summed E-state index contributed by atoms with van der Waals surface area (Å²) in [7, 11) is 0. The van der Waals surface area contributed by atoms with Crippen LogP contribution in [0.2, 0.25) is 5.02 Å². The standard InChI is InChI=1S/C17H25ClN4O2/c18-15-5-3-14(4-6-15)11-21-17(24)22-12-16(23)20-9-7-13-2-1-8-19-10-13/h3-6,13,19H,1-2,7-12H2,(H,20,23)(H2,21,22,24). The number of nitrogens with one attached hydrogen (secondary N) is 4. The number of urea groups is 1. The Morgan fingerprint density at radius 1 is 1.17 bits per heavy atom. The molecule has 2 rings (SSSR count). The Labute approximate surface area is 147 Å². The number of amides is 3. The van der Waals surface area contributed by atoms with Gasteiger partial charge < -0.3 is 21.3 Å². The zero-order valence-electron chi connectivity index (χ0n) is 13.7. The van der Waals surface area contributed by atoms with E-state index in [9.17, 15) is 9.59 Å². The molecule has 3 amide bonds. The van der Waals surface area contributed by atoms with E-state index in [0.29, 0.717) is 24.0 Å². The number of piperidine rings is 1. The van der Waals surface area contributed by atoms with Crippen molar-refractivity contribution in [2.45, 2.75) is 25.8 Å². The predicted octanol–water partition coefficient (Wildman–Crippen LogP) is 1.65. The van der Waals surface area contributed by atoms with E-state index in [1.165, 1.54) is 12.8 Å². The minimum atomic E-state index is -0.364. The van der Waals surface area contributed by atoms with Crippen molar-refractivity contribution < 1.29 is 9.59 Å². The van der Waals surface area contributed by atoms with Crippen molar-refractivity contribution in [2.24, 2.45) is 5.92 Å². The molecule has 0 bridgehead atoms. The van der Waals surface area contributed by atoms with Crippen molar-refractivity contribution in [3.05, 3.63) is 34.9 Å². The molecule has 1 heterocycles. The van der Waals surface area contributed by atoms with Gasteiger partial charge in [-0.15, -0.1) is 0 Å². The Hall–Kier alpha value is -1.79. The van der Waals surface area contributed by atoms with Crippen molar-refractivity contribution in [1.82, 2.24) is 21.3 Å². The number of hydrogen-bond acceptors (Lipinski definition) is 3. The second-order valence-electron chi connectivity index (χ2n) is 6.01. The maximum atomic E-state index is 11.7. The van der Waals surface area contributed by atoms with Crippen LogP contribution in [-0.2, 0) is 11.3 Å². The highest BCUT2D eigenvalue weighted by molar-refractivity contribution is 6.30. The van der Waals surface area contributed by atoms with Crippen molar-refractivity contribution in [1.29, 1.82) is 0 Å². The molecule has 24 heavy (non-hydrogen) atoms. The molecule has 1 fully saturated rings. The largest absolute Gasteiger partial charge is 0.355 e. The highest BCUT2D eigenvalue weighted by Gasteiger charge is 2.13. The van der Waals surface area contributed by atoms with E-state index in [1.54, 1.807) is 12.1 Å². The molecule has 0 radical (unpaired) electrons. The van der Waals surface area contributed by atoms with Gasteiger partial charge in [0, 0.05) is 18.1 Å². The Kier molecular flexibility index (Phi) is 7.85. The second-order valence-corrected chi connectivity index (χ2v) is 6.45. The normalized spacial score (nSPS) is 17.1. The van der Waals surface area contributed by atoms with Gasteiger partial charge in [0.05, 0.1) is 6.54 Å². The molecule has 1 saturated heterocycles. The summed E-state index contributed by atoms with van der Waals surface area (Å²) in [6, 6.07) is 6.86. The van der Waals surface area contributed by atoms with Crippen LogP contribution in [0.25, 0.3) is 0 Å². The third kappa shape index (κ3) is 7.19. The van der Waals surface area contributed by atoms with Crippen molar-refractivity contribution in [2.75, 3.05) is 26.2 Å². The number of benzene rings is 1. The average Bonchev–Trinajstić information content (AvgIpc) is 2.60. The highest BCUT2D eigenvalue weighted by Crippen LogP contribution is 2.12. The van der Waals surface area contributed by atoms with Gasteiger partial charge in [-0.05, 0) is 56.0 Å². The van der Waals surface area contributed by atoms with E-state index < -0.39 is 0 Å². The van der Waals surface area contributed by atoms with Crippen molar-refractivity contribution in [3.63, 3.8) is 0 Å². The third-order valence-corrected chi connectivity index (χ3v) is 4.30. The molecule has 1 aromatic rings. The van der Waals surface area contributed by atoms with Crippen LogP contribution in [0.3, 0.4) is 0 Å². The van der Waals surface area contributed by atoms with Gasteiger partial charge in [-0.25, -0.2) is 4.79 Å². The SMILES string of the molecule is O=C(CNC(=O)NCc1ccc(Cl)cc1)NCCC1CCCNC1. The first-order chi connectivity index (χ1) is 11.6. The number of halogens is 1. The van der Waals surface area contributed by atoms with Crippen LogP contribution in [0.5, 0.6) is 0 Å². The van der Waals surface area contributed by atoms with Gasteiger partial charge in [-0.3, -0.25) is 4.79 Å². The summed E-state index contributed by atoms with van der Waals surface area (Å²) in [5.41, 5.74) is 0.945. The molecule has 6 nitrogen and oxygen atoms in total. The fourth-order valence-electron chi connectivity index (χ4n) is 2.66. The minimum Gasteiger partial charge on any atom is -0.355 e. The van der Waals surface area contributed by atoms with Crippen LogP contribution in [-0.4, -0.2) is 38.1 Å².